The lowest BCUT2D eigenvalue weighted by atomic mass is 10.2. The van der Waals surface area contributed by atoms with Crippen LogP contribution in [-0.4, -0.2) is 61.5 Å². The first-order valence-electron chi connectivity index (χ1n) is 7.75. The van der Waals surface area contributed by atoms with Crippen molar-refractivity contribution in [3.05, 3.63) is 0 Å². The van der Waals surface area contributed by atoms with Gasteiger partial charge in [0.1, 0.15) is 0 Å². The molecule has 4 heteroatoms. The maximum absolute atomic E-state index is 12.2. The van der Waals surface area contributed by atoms with Gasteiger partial charge >= 0.3 is 0 Å². The quantitative estimate of drug-likeness (QED) is 0.582. The van der Waals surface area contributed by atoms with E-state index in [9.17, 15) is 4.79 Å². The summed E-state index contributed by atoms with van der Waals surface area (Å²) in [5.41, 5.74) is 0. The average molecular weight is 271 g/mol. The van der Waals surface area contributed by atoms with Crippen LogP contribution in [0.15, 0.2) is 0 Å². The highest BCUT2D eigenvalue weighted by molar-refractivity contribution is 5.78. The van der Waals surface area contributed by atoms with Gasteiger partial charge in [-0.2, -0.15) is 0 Å². The molecule has 0 unspecified atom stereocenters. The van der Waals surface area contributed by atoms with Gasteiger partial charge in [-0.15, -0.1) is 0 Å². The van der Waals surface area contributed by atoms with E-state index in [1.54, 1.807) is 0 Å². The number of carbonyl (C=O) groups is 1. The predicted octanol–water partition coefficient (Wildman–Crippen LogP) is 1.81. The van der Waals surface area contributed by atoms with E-state index in [0.29, 0.717) is 12.5 Å². The number of rotatable bonds is 11. The number of carbonyl (C=O) groups excluding carboxylic acids is 1. The molecule has 4 nitrogen and oxygen atoms in total. The van der Waals surface area contributed by atoms with Crippen molar-refractivity contribution in [2.24, 2.45) is 5.92 Å². The Morgan fingerprint density at radius 3 is 2.21 bits per heavy atom. The number of hydrogen-bond acceptors (Lipinski definition) is 3. The molecule has 1 amide bonds. The summed E-state index contributed by atoms with van der Waals surface area (Å²) >= 11 is 0. The van der Waals surface area contributed by atoms with Crippen molar-refractivity contribution in [2.75, 3.05) is 45.8 Å². The maximum atomic E-state index is 12.2. The first-order valence-corrected chi connectivity index (χ1v) is 7.75. The van der Waals surface area contributed by atoms with E-state index in [1.807, 2.05) is 4.90 Å². The fourth-order valence-electron chi connectivity index (χ4n) is 2.04. The summed E-state index contributed by atoms with van der Waals surface area (Å²) in [6.45, 7) is 16.9. The maximum Gasteiger partial charge on any atom is 0.236 e. The average Bonchev–Trinajstić information content (AvgIpc) is 2.38. The van der Waals surface area contributed by atoms with Crippen LogP contribution in [0.2, 0.25) is 0 Å². The summed E-state index contributed by atoms with van der Waals surface area (Å²) in [6.07, 6.45) is 1.07. The van der Waals surface area contributed by atoms with Crippen molar-refractivity contribution >= 4 is 5.91 Å². The molecule has 19 heavy (non-hydrogen) atoms. The fourth-order valence-corrected chi connectivity index (χ4v) is 2.04. The Balaban J connectivity index is 4.24. The van der Waals surface area contributed by atoms with E-state index in [2.05, 4.69) is 44.8 Å². The molecule has 0 rings (SSSR count). The lowest BCUT2D eigenvalue weighted by molar-refractivity contribution is -0.131. The van der Waals surface area contributed by atoms with E-state index in [0.717, 1.165) is 45.7 Å². The molecule has 0 atom stereocenters. The molecule has 114 valence electrons. The summed E-state index contributed by atoms with van der Waals surface area (Å²) in [5, 5.41) is 3.20. The van der Waals surface area contributed by atoms with Crippen LogP contribution >= 0.6 is 0 Å². The molecule has 0 spiro atoms. The van der Waals surface area contributed by atoms with Gasteiger partial charge in [-0.1, -0.05) is 34.6 Å². The van der Waals surface area contributed by atoms with Crippen LogP contribution < -0.4 is 5.32 Å². The van der Waals surface area contributed by atoms with Gasteiger partial charge in [-0.05, 0) is 32.0 Å². The second-order valence-corrected chi connectivity index (χ2v) is 5.44. The van der Waals surface area contributed by atoms with Crippen LogP contribution in [-0.2, 0) is 4.79 Å². The molecule has 0 aromatic carbocycles. The number of hydrogen-bond donors (Lipinski definition) is 1. The normalized spacial score (nSPS) is 11.3. The van der Waals surface area contributed by atoms with Crippen molar-refractivity contribution in [1.82, 2.24) is 15.1 Å². The molecular weight excluding hydrogens is 238 g/mol. The van der Waals surface area contributed by atoms with E-state index in [4.69, 9.17) is 0 Å². The second kappa shape index (κ2) is 11.2. The van der Waals surface area contributed by atoms with Crippen molar-refractivity contribution < 1.29 is 4.79 Å². The SMILES string of the molecule is CCCNCC(=O)N(CCN(CC)CC)CC(C)C. The van der Waals surface area contributed by atoms with Gasteiger partial charge in [-0.3, -0.25) is 4.79 Å². The monoisotopic (exact) mass is 271 g/mol. The first kappa shape index (κ1) is 18.4. The van der Waals surface area contributed by atoms with Crippen LogP contribution in [0.4, 0.5) is 0 Å². The van der Waals surface area contributed by atoms with E-state index < -0.39 is 0 Å². The number of likely N-dealkylation sites (N-methyl/N-ethyl adjacent to an activating group) is 1. The lowest BCUT2D eigenvalue weighted by Gasteiger charge is -2.28. The fraction of sp³-hybridized carbons (Fsp3) is 0.933. The van der Waals surface area contributed by atoms with Gasteiger partial charge < -0.3 is 15.1 Å². The van der Waals surface area contributed by atoms with Gasteiger partial charge in [-0.25, -0.2) is 0 Å². The molecule has 0 fully saturated rings. The highest BCUT2D eigenvalue weighted by Gasteiger charge is 2.15. The summed E-state index contributed by atoms with van der Waals surface area (Å²) < 4.78 is 0. The van der Waals surface area contributed by atoms with Crippen LogP contribution in [0, 0.1) is 5.92 Å². The Hall–Kier alpha value is -0.610. The number of nitrogens with zero attached hydrogens (tertiary/aromatic N) is 2. The molecule has 0 aromatic rings. The molecule has 0 radical (unpaired) electrons. The Kier molecular flexibility index (Phi) is 10.9. The highest BCUT2D eigenvalue weighted by Crippen LogP contribution is 2.00. The zero-order chi connectivity index (χ0) is 14.7. The van der Waals surface area contributed by atoms with Crippen LogP contribution in [0.25, 0.3) is 0 Å². The molecule has 0 aliphatic heterocycles. The Labute approximate surface area is 119 Å². The zero-order valence-electron chi connectivity index (χ0n) is 13.5. The van der Waals surface area contributed by atoms with Crippen molar-refractivity contribution in [3.63, 3.8) is 0 Å². The van der Waals surface area contributed by atoms with E-state index >= 15 is 0 Å². The van der Waals surface area contributed by atoms with Crippen LogP contribution in [0.1, 0.15) is 41.0 Å². The van der Waals surface area contributed by atoms with Gasteiger partial charge in [0.25, 0.3) is 0 Å². The number of nitrogens with one attached hydrogen (secondary N) is 1. The molecule has 0 aromatic heterocycles. The molecule has 0 bridgehead atoms. The second-order valence-electron chi connectivity index (χ2n) is 5.44. The lowest BCUT2D eigenvalue weighted by Crippen LogP contribution is -2.44. The predicted molar refractivity (Wildman–Crippen MR) is 82.4 cm³/mol. The van der Waals surface area contributed by atoms with E-state index in [-0.39, 0.29) is 5.91 Å². The highest BCUT2D eigenvalue weighted by atomic mass is 16.2. The molecule has 0 saturated carbocycles. The molecule has 0 aliphatic rings. The minimum atomic E-state index is 0.231. The van der Waals surface area contributed by atoms with Gasteiger partial charge in [0.15, 0.2) is 0 Å². The standard InChI is InChI=1S/C15H33N3O/c1-6-9-16-12-15(19)18(13-14(4)5)11-10-17(7-2)8-3/h14,16H,6-13H2,1-5H3. The third-order valence-corrected chi connectivity index (χ3v) is 3.22. The molecule has 0 aliphatic carbocycles. The van der Waals surface area contributed by atoms with Crippen molar-refractivity contribution in [1.29, 1.82) is 0 Å². The minimum absolute atomic E-state index is 0.231. The summed E-state index contributed by atoms with van der Waals surface area (Å²) in [7, 11) is 0. The summed E-state index contributed by atoms with van der Waals surface area (Å²) in [4.78, 5) is 16.6. The molecule has 0 heterocycles. The third-order valence-electron chi connectivity index (χ3n) is 3.22. The van der Waals surface area contributed by atoms with Crippen LogP contribution in [0.3, 0.4) is 0 Å². The topological polar surface area (TPSA) is 35.6 Å². The summed E-state index contributed by atoms with van der Waals surface area (Å²) in [5.74, 6) is 0.751. The molecule has 1 N–H and O–H groups in total. The van der Waals surface area contributed by atoms with E-state index in [1.165, 1.54) is 0 Å². The molecular formula is C15H33N3O. The number of amides is 1. The molecule has 0 saturated heterocycles. The Morgan fingerprint density at radius 1 is 1.11 bits per heavy atom. The largest absolute Gasteiger partial charge is 0.340 e. The van der Waals surface area contributed by atoms with Crippen molar-refractivity contribution in [2.45, 2.75) is 41.0 Å². The Morgan fingerprint density at radius 2 is 1.74 bits per heavy atom. The van der Waals surface area contributed by atoms with Crippen LogP contribution in [0.5, 0.6) is 0 Å². The van der Waals surface area contributed by atoms with Gasteiger partial charge in [0.2, 0.25) is 5.91 Å². The Bertz CT molecular complexity index is 227. The third kappa shape index (κ3) is 9.00. The van der Waals surface area contributed by atoms with Gasteiger partial charge in [0.05, 0.1) is 6.54 Å². The first-order chi connectivity index (χ1) is 9.04. The van der Waals surface area contributed by atoms with Gasteiger partial charge in [0, 0.05) is 19.6 Å². The zero-order valence-corrected chi connectivity index (χ0v) is 13.5. The summed E-state index contributed by atoms with van der Waals surface area (Å²) in [6, 6.07) is 0. The smallest absolute Gasteiger partial charge is 0.236 e. The minimum Gasteiger partial charge on any atom is -0.340 e. The van der Waals surface area contributed by atoms with Crippen molar-refractivity contribution in [3.8, 4) is 0 Å².